The van der Waals surface area contributed by atoms with Crippen LogP contribution in [0.3, 0.4) is 0 Å². The molecule has 3 N–H and O–H groups in total. The van der Waals surface area contributed by atoms with Crippen molar-refractivity contribution in [2.45, 2.75) is 12.5 Å². The van der Waals surface area contributed by atoms with Crippen LogP contribution in [0.15, 0.2) is 12.1 Å². The van der Waals surface area contributed by atoms with Gasteiger partial charge in [-0.15, -0.1) is 0 Å². The second-order valence-corrected chi connectivity index (χ2v) is 5.51. The molecule has 0 bridgehead atoms. The van der Waals surface area contributed by atoms with Crippen molar-refractivity contribution in [2.24, 2.45) is 5.73 Å². The van der Waals surface area contributed by atoms with E-state index in [0.29, 0.717) is 13.2 Å². The summed E-state index contributed by atoms with van der Waals surface area (Å²) in [6, 6.07) is 3.78. The van der Waals surface area contributed by atoms with Crippen molar-refractivity contribution < 1.29 is 9.47 Å². The van der Waals surface area contributed by atoms with Gasteiger partial charge in [0.05, 0.1) is 17.1 Å². The van der Waals surface area contributed by atoms with E-state index in [1.807, 2.05) is 12.1 Å². The van der Waals surface area contributed by atoms with Crippen LogP contribution >= 0.6 is 11.8 Å². The molecule has 0 amide bonds. The summed E-state index contributed by atoms with van der Waals surface area (Å²) in [5, 5.41) is 0. The lowest BCUT2D eigenvalue weighted by atomic mass is 10.2. The monoisotopic (exact) mass is 279 g/mol. The van der Waals surface area contributed by atoms with Crippen molar-refractivity contribution >= 4 is 22.8 Å². The highest BCUT2D eigenvalue weighted by atomic mass is 32.2. The fraction of sp³-hybridized carbons (Fsp3) is 0.462. The van der Waals surface area contributed by atoms with Gasteiger partial charge in [0, 0.05) is 12.1 Å². The Hall–Kier alpha value is -1.40. The Kier molecular flexibility index (Phi) is 3.52. The van der Waals surface area contributed by atoms with Crippen LogP contribution in [0.4, 0.5) is 0 Å². The summed E-state index contributed by atoms with van der Waals surface area (Å²) < 4.78 is 11.1. The first-order valence-electron chi connectivity index (χ1n) is 6.31. The molecule has 0 fully saturated rings. The minimum atomic E-state index is -0.0567. The lowest BCUT2D eigenvalue weighted by Crippen LogP contribution is -2.15. The van der Waals surface area contributed by atoms with Crippen molar-refractivity contribution in [2.75, 3.05) is 25.2 Å². The molecule has 1 aliphatic rings. The number of imidazole rings is 1. The van der Waals surface area contributed by atoms with Gasteiger partial charge >= 0.3 is 0 Å². The number of nitrogens with one attached hydrogen (secondary N) is 1. The fourth-order valence-corrected chi connectivity index (χ4v) is 2.61. The van der Waals surface area contributed by atoms with Gasteiger partial charge in [0.2, 0.25) is 0 Å². The molecule has 5 nitrogen and oxygen atoms in total. The first-order valence-corrected chi connectivity index (χ1v) is 7.71. The van der Waals surface area contributed by atoms with E-state index in [-0.39, 0.29) is 6.04 Å². The van der Waals surface area contributed by atoms with E-state index in [0.717, 1.165) is 40.5 Å². The number of aromatic nitrogens is 2. The van der Waals surface area contributed by atoms with Crippen LogP contribution in [0.25, 0.3) is 11.0 Å². The number of ether oxygens (including phenoxy) is 2. The number of nitrogens with two attached hydrogens (primary N) is 1. The van der Waals surface area contributed by atoms with E-state index in [1.165, 1.54) is 0 Å². The molecule has 0 radical (unpaired) electrons. The minimum Gasteiger partial charge on any atom is -0.486 e. The van der Waals surface area contributed by atoms with Crippen molar-refractivity contribution in [1.82, 2.24) is 9.97 Å². The van der Waals surface area contributed by atoms with E-state index in [2.05, 4.69) is 16.2 Å². The third kappa shape index (κ3) is 2.50. The molecule has 3 rings (SSSR count). The van der Waals surface area contributed by atoms with Crippen LogP contribution in [0.1, 0.15) is 18.3 Å². The number of aromatic amines is 1. The lowest BCUT2D eigenvalue weighted by Gasteiger charge is -2.17. The molecule has 0 saturated heterocycles. The smallest absolute Gasteiger partial charge is 0.163 e. The van der Waals surface area contributed by atoms with Gasteiger partial charge in [-0.25, -0.2) is 4.98 Å². The van der Waals surface area contributed by atoms with Gasteiger partial charge in [0.25, 0.3) is 0 Å². The van der Waals surface area contributed by atoms with Gasteiger partial charge in [-0.1, -0.05) is 0 Å². The van der Waals surface area contributed by atoms with E-state index in [1.54, 1.807) is 11.8 Å². The molecule has 1 unspecified atom stereocenters. The van der Waals surface area contributed by atoms with Gasteiger partial charge in [0.1, 0.15) is 19.0 Å². The van der Waals surface area contributed by atoms with E-state index < -0.39 is 0 Å². The normalized spacial score (nSPS) is 15.7. The van der Waals surface area contributed by atoms with Crippen molar-refractivity contribution in [3.05, 3.63) is 18.0 Å². The van der Waals surface area contributed by atoms with Crippen LogP contribution < -0.4 is 15.2 Å². The first-order chi connectivity index (χ1) is 9.28. The summed E-state index contributed by atoms with van der Waals surface area (Å²) in [6.07, 6.45) is 2.99. The van der Waals surface area contributed by atoms with Gasteiger partial charge in [-0.2, -0.15) is 11.8 Å². The maximum atomic E-state index is 6.13. The van der Waals surface area contributed by atoms with Gasteiger partial charge in [0.15, 0.2) is 11.5 Å². The highest BCUT2D eigenvalue weighted by Gasteiger charge is 2.16. The van der Waals surface area contributed by atoms with Gasteiger partial charge in [-0.05, 0) is 18.4 Å². The Labute approximate surface area is 115 Å². The summed E-state index contributed by atoms with van der Waals surface area (Å²) >= 11 is 1.79. The molecule has 0 spiro atoms. The van der Waals surface area contributed by atoms with Crippen LogP contribution in [0.2, 0.25) is 0 Å². The Bertz CT molecular complexity index is 542. The molecule has 1 aromatic carbocycles. The Balaban J connectivity index is 1.92. The van der Waals surface area contributed by atoms with Crippen molar-refractivity contribution in [3.63, 3.8) is 0 Å². The first kappa shape index (κ1) is 12.6. The molecule has 6 heteroatoms. The van der Waals surface area contributed by atoms with Gasteiger partial charge < -0.3 is 20.2 Å². The zero-order chi connectivity index (χ0) is 13.2. The molecule has 0 saturated carbocycles. The highest BCUT2D eigenvalue weighted by Crippen LogP contribution is 2.34. The van der Waals surface area contributed by atoms with Gasteiger partial charge in [-0.3, -0.25) is 0 Å². The Morgan fingerprint density at radius 1 is 1.37 bits per heavy atom. The van der Waals surface area contributed by atoms with Crippen molar-refractivity contribution in [1.29, 1.82) is 0 Å². The summed E-state index contributed by atoms with van der Waals surface area (Å²) in [6.45, 7) is 1.18. The van der Waals surface area contributed by atoms with Crippen LogP contribution in [-0.2, 0) is 0 Å². The zero-order valence-corrected chi connectivity index (χ0v) is 11.6. The second kappa shape index (κ2) is 5.30. The molecular weight excluding hydrogens is 262 g/mol. The van der Waals surface area contributed by atoms with Crippen LogP contribution in [0, 0.1) is 0 Å². The highest BCUT2D eigenvalue weighted by molar-refractivity contribution is 7.98. The molecule has 1 atom stereocenters. The predicted octanol–water partition coefficient (Wildman–Crippen LogP) is 2.09. The maximum Gasteiger partial charge on any atom is 0.163 e. The summed E-state index contributed by atoms with van der Waals surface area (Å²) in [7, 11) is 0. The van der Waals surface area contributed by atoms with Crippen LogP contribution in [0.5, 0.6) is 11.5 Å². The quantitative estimate of drug-likeness (QED) is 0.896. The fourth-order valence-electron chi connectivity index (χ4n) is 2.12. The topological polar surface area (TPSA) is 73.2 Å². The molecule has 1 aromatic heterocycles. The third-order valence-electron chi connectivity index (χ3n) is 3.15. The average molecular weight is 279 g/mol. The summed E-state index contributed by atoms with van der Waals surface area (Å²) in [4.78, 5) is 7.82. The number of nitrogens with zero attached hydrogens (tertiary/aromatic N) is 1. The number of thioether (sulfide) groups is 1. The Morgan fingerprint density at radius 2 is 2.11 bits per heavy atom. The van der Waals surface area contributed by atoms with Crippen LogP contribution in [-0.4, -0.2) is 35.2 Å². The summed E-state index contributed by atoms with van der Waals surface area (Å²) in [5.74, 6) is 3.38. The van der Waals surface area contributed by atoms with E-state index >= 15 is 0 Å². The second-order valence-electron chi connectivity index (χ2n) is 4.52. The standard InChI is InChI=1S/C13H17N3O2S/c1-19-5-2-8(14)13-15-9-6-11-12(7-10(9)16-13)18-4-3-17-11/h6-8H,2-5,14H2,1H3,(H,15,16). The molecule has 2 heterocycles. The number of hydrogen-bond acceptors (Lipinski definition) is 5. The van der Waals surface area contributed by atoms with E-state index in [4.69, 9.17) is 15.2 Å². The number of benzene rings is 1. The summed E-state index contributed by atoms with van der Waals surface area (Å²) in [5.41, 5.74) is 7.95. The molecule has 1 aliphatic heterocycles. The maximum absolute atomic E-state index is 6.13. The molecule has 2 aromatic rings. The number of hydrogen-bond donors (Lipinski definition) is 2. The molecular formula is C13H17N3O2S. The predicted molar refractivity (Wildman–Crippen MR) is 77.0 cm³/mol. The molecule has 19 heavy (non-hydrogen) atoms. The minimum absolute atomic E-state index is 0.0567. The number of fused-ring (bicyclic) bond motifs is 2. The van der Waals surface area contributed by atoms with E-state index in [9.17, 15) is 0 Å². The molecule has 0 aliphatic carbocycles. The number of H-pyrrole nitrogens is 1. The zero-order valence-electron chi connectivity index (χ0n) is 10.8. The SMILES string of the molecule is CSCCC(N)c1nc2cc3c(cc2[nH]1)OCCO3. The third-order valence-corrected chi connectivity index (χ3v) is 3.79. The largest absolute Gasteiger partial charge is 0.486 e. The average Bonchev–Trinajstić information content (AvgIpc) is 2.85. The molecule has 102 valence electrons. The number of rotatable bonds is 4. The van der Waals surface area contributed by atoms with Crippen molar-refractivity contribution in [3.8, 4) is 11.5 Å². The lowest BCUT2D eigenvalue weighted by molar-refractivity contribution is 0.172. The Morgan fingerprint density at radius 3 is 2.84 bits per heavy atom.